The van der Waals surface area contributed by atoms with E-state index in [4.69, 9.17) is 4.42 Å². The Morgan fingerprint density at radius 3 is 1.54 bits per heavy atom. The van der Waals surface area contributed by atoms with Crippen LogP contribution < -0.4 is 21.5 Å². The lowest BCUT2D eigenvalue weighted by atomic mass is 10.0. The number of fused-ring (bicyclic) bond motifs is 4. The molecule has 0 spiro atoms. The molecule has 2 aromatic rings. The van der Waals surface area contributed by atoms with Crippen molar-refractivity contribution in [3.63, 3.8) is 0 Å². The van der Waals surface area contributed by atoms with Crippen molar-refractivity contribution in [2.24, 2.45) is 22.0 Å². The van der Waals surface area contributed by atoms with E-state index < -0.39 is 35.7 Å². The quantitative estimate of drug-likeness (QED) is 0.495. The number of hydrazone groups is 2. The van der Waals surface area contributed by atoms with Crippen molar-refractivity contribution in [3.05, 3.63) is 53.2 Å². The molecule has 0 saturated heterocycles. The molecule has 2 aromatic heterocycles. The maximum atomic E-state index is 12.8. The van der Waals surface area contributed by atoms with Crippen molar-refractivity contribution >= 4 is 36.1 Å². The van der Waals surface area contributed by atoms with Crippen LogP contribution in [0.2, 0.25) is 0 Å². The van der Waals surface area contributed by atoms with Crippen molar-refractivity contribution < 1.29 is 23.6 Å². The van der Waals surface area contributed by atoms with Crippen LogP contribution in [0.3, 0.4) is 0 Å². The van der Waals surface area contributed by atoms with Crippen LogP contribution in [0.15, 0.2) is 45.0 Å². The largest absolute Gasteiger partial charge is 0.454 e. The summed E-state index contributed by atoms with van der Waals surface area (Å²) in [5.74, 6) is -2.25. The fraction of sp³-hybridized carbons (Fsp3) is 0.348. The van der Waals surface area contributed by atoms with Gasteiger partial charge in [-0.25, -0.2) is 15.8 Å². The van der Waals surface area contributed by atoms with Crippen molar-refractivity contribution in [1.82, 2.24) is 26.5 Å². The van der Waals surface area contributed by atoms with E-state index in [-0.39, 0.29) is 23.2 Å². The average Bonchev–Trinajstić information content (AvgIpc) is 3.27. The number of aromatic nitrogens is 1. The number of carbonyl (C=O) groups excluding carboxylic acids is 4. The van der Waals surface area contributed by atoms with E-state index in [9.17, 15) is 19.2 Å². The van der Waals surface area contributed by atoms with E-state index in [1.54, 1.807) is 39.8 Å². The third-order valence-corrected chi connectivity index (χ3v) is 5.07. The first-order chi connectivity index (χ1) is 16.7. The zero-order valence-corrected chi connectivity index (χ0v) is 19.7. The van der Waals surface area contributed by atoms with Crippen LogP contribution in [0, 0.1) is 11.8 Å². The number of nitrogens with one attached hydrogen (secondary N) is 4. The molecule has 3 rings (SSSR count). The summed E-state index contributed by atoms with van der Waals surface area (Å²) >= 11 is 0. The zero-order valence-electron chi connectivity index (χ0n) is 19.7. The average molecular weight is 482 g/mol. The van der Waals surface area contributed by atoms with Crippen LogP contribution in [0.1, 0.15) is 60.2 Å². The first-order valence-corrected chi connectivity index (χ1v) is 11.0. The molecule has 12 nitrogen and oxygen atoms in total. The van der Waals surface area contributed by atoms with Crippen molar-refractivity contribution in [3.8, 4) is 0 Å². The highest BCUT2D eigenvalue weighted by Crippen LogP contribution is 2.08. The van der Waals surface area contributed by atoms with Crippen LogP contribution >= 0.6 is 0 Å². The van der Waals surface area contributed by atoms with E-state index in [1.165, 1.54) is 30.6 Å². The number of hydrogen-bond donors (Lipinski definition) is 4. The smallest absolute Gasteiger partial charge is 0.270 e. The maximum Gasteiger partial charge on any atom is 0.270 e. The molecule has 2 unspecified atom stereocenters. The normalized spacial score (nSPS) is 21.5. The summed E-state index contributed by atoms with van der Waals surface area (Å²) in [7, 11) is 0. The van der Waals surface area contributed by atoms with Crippen LogP contribution in [0.5, 0.6) is 0 Å². The van der Waals surface area contributed by atoms with Gasteiger partial charge in [-0.3, -0.25) is 19.2 Å². The Morgan fingerprint density at radius 2 is 1.14 bits per heavy atom. The molecule has 35 heavy (non-hydrogen) atoms. The molecule has 2 atom stereocenters. The van der Waals surface area contributed by atoms with Gasteiger partial charge in [-0.1, -0.05) is 33.8 Å². The van der Waals surface area contributed by atoms with Crippen LogP contribution in [0.25, 0.3) is 0 Å². The molecule has 0 aliphatic carbocycles. The van der Waals surface area contributed by atoms with Crippen LogP contribution in [-0.2, 0) is 9.59 Å². The fourth-order valence-corrected chi connectivity index (χ4v) is 3.15. The van der Waals surface area contributed by atoms with Gasteiger partial charge in [-0.15, -0.1) is 0 Å². The van der Waals surface area contributed by atoms with Gasteiger partial charge in [-0.05, 0) is 36.1 Å². The molecular weight excluding hydrogens is 454 g/mol. The predicted octanol–water partition coefficient (Wildman–Crippen LogP) is 0.797. The minimum Gasteiger partial charge on any atom is -0.454 e. The standard InChI is InChI=1S/C23H27N7O5/c1-12(2)18-22(33)29-24-10-14-8-9-15(35-14)11-25-30-23(34)19(13(3)4)28-21(32)17-7-5-6-16(26-17)20(31)27-18/h5-13,18-19H,1-4H3,(H,27,31)(H,28,32)(H,29,33)(H,30,34)/b24-10-,25-11-. The zero-order chi connectivity index (χ0) is 25.5. The highest BCUT2D eigenvalue weighted by atomic mass is 16.3. The van der Waals surface area contributed by atoms with Crippen LogP contribution in [0.4, 0.5) is 0 Å². The van der Waals surface area contributed by atoms with E-state index in [0.29, 0.717) is 11.5 Å². The second kappa shape index (κ2) is 11.2. The highest BCUT2D eigenvalue weighted by molar-refractivity contribution is 5.99. The minimum absolute atomic E-state index is 0.0627. The van der Waals surface area contributed by atoms with E-state index in [1.807, 2.05) is 0 Å². The van der Waals surface area contributed by atoms with Gasteiger partial charge in [0, 0.05) is 0 Å². The molecule has 4 amide bonds. The Bertz CT molecular complexity index is 1080. The molecule has 0 radical (unpaired) electrons. The third kappa shape index (κ3) is 6.59. The fourth-order valence-electron chi connectivity index (χ4n) is 3.15. The van der Waals surface area contributed by atoms with Gasteiger partial charge in [0.05, 0.1) is 12.4 Å². The monoisotopic (exact) mass is 481 g/mol. The Balaban J connectivity index is 1.95. The summed E-state index contributed by atoms with van der Waals surface area (Å²) in [5.41, 5.74) is 4.62. The van der Waals surface area contributed by atoms with E-state index in [0.717, 1.165) is 0 Å². The van der Waals surface area contributed by atoms with E-state index >= 15 is 0 Å². The maximum absolute atomic E-state index is 12.8. The van der Waals surface area contributed by atoms with Crippen molar-refractivity contribution in [2.75, 3.05) is 0 Å². The first-order valence-electron chi connectivity index (χ1n) is 11.0. The topological polar surface area (TPSA) is 167 Å². The number of pyridine rings is 1. The molecule has 0 fully saturated rings. The van der Waals surface area contributed by atoms with Gasteiger partial charge in [-0.2, -0.15) is 10.2 Å². The molecule has 184 valence electrons. The Morgan fingerprint density at radius 1 is 0.714 bits per heavy atom. The number of rotatable bonds is 2. The molecular formula is C23H27N7O5. The summed E-state index contributed by atoms with van der Waals surface area (Å²) in [4.78, 5) is 55.0. The molecule has 0 saturated carbocycles. The number of nitrogens with zero attached hydrogens (tertiary/aromatic N) is 3. The van der Waals surface area contributed by atoms with Gasteiger partial charge < -0.3 is 15.1 Å². The lowest BCUT2D eigenvalue weighted by molar-refractivity contribution is -0.124. The molecule has 1 aliphatic heterocycles. The summed E-state index contributed by atoms with van der Waals surface area (Å²) in [5, 5.41) is 13.0. The summed E-state index contributed by atoms with van der Waals surface area (Å²) in [6.45, 7) is 7.05. The Labute approximate surface area is 201 Å². The molecule has 0 aromatic carbocycles. The minimum atomic E-state index is -0.919. The van der Waals surface area contributed by atoms with Crippen molar-refractivity contribution in [2.45, 2.75) is 39.8 Å². The van der Waals surface area contributed by atoms with Crippen LogP contribution in [-0.4, -0.2) is 53.1 Å². The predicted molar refractivity (Wildman–Crippen MR) is 127 cm³/mol. The molecule has 3 heterocycles. The lowest BCUT2D eigenvalue weighted by Crippen LogP contribution is -2.49. The Kier molecular flexibility index (Phi) is 8.08. The van der Waals surface area contributed by atoms with Gasteiger partial charge in [0.25, 0.3) is 23.6 Å². The SMILES string of the molecule is CC(C)C1NC(=O)c2cccc(n2)C(=O)NC(C(C)C)C(=O)N/N=C\c2ccc(o2)/C=N\NC1=O. The van der Waals surface area contributed by atoms with Gasteiger partial charge in [0.1, 0.15) is 35.0 Å². The number of hydrogen-bond acceptors (Lipinski definition) is 8. The molecule has 4 bridgehead atoms. The van der Waals surface area contributed by atoms with Gasteiger partial charge in [0.15, 0.2) is 0 Å². The number of carbonyl (C=O) groups is 4. The number of furan rings is 1. The molecule has 1 aliphatic rings. The second-order valence-electron chi connectivity index (χ2n) is 8.51. The summed E-state index contributed by atoms with van der Waals surface area (Å²) in [6.07, 6.45) is 2.58. The Hall–Kier alpha value is -4.35. The van der Waals surface area contributed by atoms with Crippen molar-refractivity contribution in [1.29, 1.82) is 0 Å². The molecule has 12 heteroatoms. The van der Waals surface area contributed by atoms with Gasteiger partial charge >= 0.3 is 0 Å². The second-order valence-corrected chi connectivity index (χ2v) is 8.51. The number of amides is 4. The molecule has 4 N–H and O–H groups in total. The summed E-state index contributed by atoms with van der Waals surface area (Å²) in [6, 6.07) is 5.68. The summed E-state index contributed by atoms with van der Waals surface area (Å²) < 4.78 is 5.50. The highest BCUT2D eigenvalue weighted by Gasteiger charge is 2.27. The first kappa shape index (κ1) is 25.3. The van der Waals surface area contributed by atoms with E-state index in [2.05, 4.69) is 36.7 Å². The lowest BCUT2D eigenvalue weighted by Gasteiger charge is -2.21. The van der Waals surface area contributed by atoms with Gasteiger partial charge in [0.2, 0.25) is 0 Å². The third-order valence-electron chi connectivity index (χ3n) is 5.07.